The fourth-order valence-corrected chi connectivity index (χ4v) is 2.07. The van der Waals surface area contributed by atoms with Crippen LogP contribution in [0.25, 0.3) is 0 Å². The zero-order chi connectivity index (χ0) is 13.8. The van der Waals surface area contributed by atoms with E-state index in [1.54, 1.807) is 18.2 Å². The first kappa shape index (κ1) is 13.8. The van der Waals surface area contributed by atoms with Crippen molar-refractivity contribution in [1.82, 2.24) is 0 Å². The Labute approximate surface area is 117 Å². The smallest absolute Gasteiger partial charge is 0.253 e. The summed E-state index contributed by atoms with van der Waals surface area (Å²) in [6, 6.07) is 5.17. The Hall–Kier alpha value is -1.66. The van der Waals surface area contributed by atoms with Crippen LogP contribution in [0.5, 0.6) is 5.75 Å². The van der Waals surface area contributed by atoms with Crippen molar-refractivity contribution in [2.75, 3.05) is 19.0 Å². The van der Waals surface area contributed by atoms with E-state index in [-0.39, 0.29) is 17.0 Å². The maximum Gasteiger partial charge on any atom is 0.253 e. The van der Waals surface area contributed by atoms with E-state index in [0.29, 0.717) is 23.6 Å². The summed E-state index contributed by atoms with van der Waals surface area (Å²) in [6.07, 6.45) is 1.29. The largest absolute Gasteiger partial charge is 0.495 e. The lowest BCUT2D eigenvalue weighted by Crippen LogP contribution is -2.27. The van der Waals surface area contributed by atoms with Crippen LogP contribution in [-0.2, 0) is 9.53 Å². The van der Waals surface area contributed by atoms with Gasteiger partial charge in [-0.05, 0) is 31.0 Å². The number of carbonyl (C=O) groups excluding carboxylic acids is 1. The van der Waals surface area contributed by atoms with E-state index in [1.165, 1.54) is 7.11 Å². The van der Waals surface area contributed by atoms with Crippen molar-refractivity contribution in [3.05, 3.63) is 23.8 Å². The van der Waals surface area contributed by atoms with Crippen molar-refractivity contribution in [2.24, 2.45) is 5.73 Å². The Kier molecular flexibility index (Phi) is 4.34. The molecule has 102 valence electrons. The number of thiocarbonyl (C=S) groups is 1. The Morgan fingerprint density at radius 2 is 2.37 bits per heavy atom. The molecule has 5 nitrogen and oxygen atoms in total. The van der Waals surface area contributed by atoms with E-state index in [9.17, 15) is 4.79 Å². The molecular weight excluding hydrogens is 264 g/mol. The molecule has 1 heterocycles. The number of hydrogen-bond donors (Lipinski definition) is 2. The van der Waals surface area contributed by atoms with Crippen LogP contribution in [0.4, 0.5) is 5.69 Å². The molecule has 2 rings (SSSR count). The molecule has 1 aromatic carbocycles. The zero-order valence-electron chi connectivity index (χ0n) is 10.6. The maximum absolute atomic E-state index is 12.0. The van der Waals surface area contributed by atoms with Crippen LogP contribution in [0.1, 0.15) is 18.4 Å². The molecule has 0 aromatic heterocycles. The normalized spacial score (nSPS) is 18.1. The van der Waals surface area contributed by atoms with Crippen LogP contribution in [0.15, 0.2) is 18.2 Å². The second-order valence-corrected chi connectivity index (χ2v) is 4.71. The molecule has 1 atom stereocenters. The van der Waals surface area contributed by atoms with Crippen LogP contribution >= 0.6 is 12.2 Å². The molecule has 1 amide bonds. The van der Waals surface area contributed by atoms with E-state index in [4.69, 9.17) is 27.4 Å². The first-order valence-corrected chi connectivity index (χ1v) is 6.43. The van der Waals surface area contributed by atoms with Crippen molar-refractivity contribution in [1.29, 1.82) is 0 Å². The van der Waals surface area contributed by atoms with Gasteiger partial charge in [0, 0.05) is 12.2 Å². The number of ether oxygens (including phenoxy) is 2. The summed E-state index contributed by atoms with van der Waals surface area (Å²) in [5.41, 5.74) is 6.84. The highest BCUT2D eigenvalue weighted by Gasteiger charge is 2.24. The number of anilines is 1. The molecule has 6 heteroatoms. The highest BCUT2D eigenvalue weighted by atomic mass is 32.1. The quantitative estimate of drug-likeness (QED) is 0.817. The molecule has 0 spiro atoms. The predicted octanol–water partition coefficient (Wildman–Crippen LogP) is 1.45. The summed E-state index contributed by atoms with van der Waals surface area (Å²) >= 11 is 4.90. The SMILES string of the molecule is COc1cc(C(N)=S)ccc1NC(=O)C1CCCO1. The monoisotopic (exact) mass is 280 g/mol. The first-order valence-electron chi connectivity index (χ1n) is 6.02. The summed E-state index contributed by atoms with van der Waals surface area (Å²) < 4.78 is 10.6. The topological polar surface area (TPSA) is 73.6 Å². The number of amides is 1. The van der Waals surface area contributed by atoms with Gasteiger partial charge in [0.25, 0.3) is 5.91 Å². The fourth-order valence-electron chi connectivity index (χ4n) is 1.95. The minimum absolute atomic E-state index is 0.154. The van der Waals surface area contributed by atoms with Crippen LogP contribution in [0.2, 0.25) is 0 Å². The van der Waals surface area contributed by atoms with Gasteiger partial charge in [-0.3, -0.25) is 4.79 Å². The molecule has 1 fully saturated rings. The third-order valence-electron chi connectivity index (χ3n) is 2.97. The number of nitrogens with two attached hydrogens (primary N) is 1. The second kappa shape index (κ2) is 5.99. The van der Waals surface area contributed by atoms with Crippen molar-refractivity contribution in [3.8, 4) is 5.75 Å². The highest BCUT2D eigenvalue weighted by Crippen LogP contribution is 2.26. The van der Waals surface area contributed by atoms with Gasteiger partial charge in [0.1, 0.15) is 16.8 Å². The number of nitrogens with one attached hydrogen (secondary N) is 1. The molecule has 3 N–H and O–H groups in total. The minimum Gasteiger partial charge on any atom is -0.495 e. The lowest BCUT2D eigenvalue weighted by atomic mass is 10.1. The van der Waals surface area contributed by atoms with E-state index >= 15 is 0 Å². The number of methoxy groups -OCH3 is 1. The number of hydrogen-bond acceptors (Lipinski definition) is 4. The Morgan fingerprint density at radius 1 is 1.58 bits per heavy atom. The van der Waals surface area contributed by atoms with Crippen molar-refractivity contribution in [3.63, 3.8) is 0 Å². The molecule has 0 saturated carbocycles. The molecule has 19 heavy (non-hydrogen) atoms. The van der Waals surface area contributed by atoms with Gasteiger partial charge in [-0.1, -0.05) is 12.2 Å². The molecule has 0 bridgehead atoms. The van der Waals surface area contributed by atoms with Crippen molar-refractivity contribution < 1.29 is 14.3 Å². The third kappa shape index (κ3) is 3.21. The van der Waals surface area contributed by atoms with Crippen LogP contribution in [0, 0.1) is 0 Å². The van der Waals surface area contributed by atoms with Crippen LogP contribution in [0.3, 0.4) is 0 Å². The van der Waals surface area contributed by atoms with Crippen LogP contribution < -0.4 is 15.8 Å². The lowest BCUT2D eigenvalue weighted by Gasteiger charge is -2.14. The van der Waals surface area contributed by atoms with E-state index in [1.807, 2.05) is 0 Å². The average molecular weight is 280 g/mol. The minimum atomic E-state index is -0.375. The Balaban J connectivity index is 2.15. The van der Waals surface area contributed by atoms with Crippen molar-refractivity contribution in [2.45, 2.75) is 18.9 Å². The van der Waals surface area contributed by atoms with E-state index in [0.717, 1.165) is 12.8 Å². The van der Waals surface area contributed by atoms with E-state index < -0.39 is 0 Å². The molecule has 1 aliphatic rings. The Bertz CT molecular complexity index is 499. The summed E-state index contributed by atoms with van der Waals surface area (Å²) in [5.74, 6) is 0.371. The fraction of sp³-hybridized carbons (Fsp3) is 0.385. The summed E-state index contributed by atoms with van der Waals surface area (Å²) in [7, 11) is 1.53. The van der Waals surface area contributed by atoms with Gasteiger partial charge in [-0.2, -0.15) is 0 Å². The molecule has 1 unspecified atom stereocenters. The van der Waals surface area contributed by atoms with Gasteiger partial charge in [-0.25, -0.2) is 0 Å². The lowest BCUT2D eigenvalue weighted by molar-refractivity contribution is -0.124. The van der Waals surface area contributed by atoms with Crippen molar-refractivity contribution >= 4 is 28.8 Å². The third-order valence-corrected chi connectivity index (χ3v) is 3.20. The van der Waals surface area contributed by atoms with Crippen LogP contribution in [-0.4, -0.2) is 30.7 Å². The predicted molar refractivity (Wildman–Crippen MR) is 76.5 cm³/mol. The average Bonchev–Trinajstić information content (AvgIpc) is 2.92. The van der Waals surface area contributed by atoms with Gasteiger partial charge < -0.3 is 20.5 Å². The standard InChI is InChI=1S/C13H16N2O3S/c1-17-11-7-8(12(14)19)4-5-9(11)15-13(16)10-3-2-6-18-10/h4-5,7,10H,2-3,6H2,1H3,(H2,14,19)(H,15,16). The van der Waals surface area contributed by atoms with Gasteiger partial charge in [0.2, 0.25) is 0 Å². The molecule has 0 radical (unpaired) electrons. The van der Waals surface area contributed by atoms with Gasteiger partial charge >= 0.3 is 0 Å². The summed E-state index contributed by atoms with van der Waals surface area (Å²) in [4.78, 5) is 12.2. The molecular formula is C13H16N2O3S. The molecule has 1 aromatic rings. The molecule has 1 saturated heterocycles. The number of benzene rings is 1. The van der Waals surface area contributed by atoms with Gasteiger partial charge in [0.05, 0.1) is 12.8 Å². The van der Waals surface area contributed by atoms with Gasteiger partial charge in [0.15, 0.2) is 0 Å². The number of rotatable bonds is 4. The summed E-state index contributed by atoms with van der Waals surface area (Å²) in [6.45, 7) is 0.635. The second-order valence-electron chi connectivity index (χ2n) is 4.27. The number of carbonyl (C=O) groups is 1. The van der Waals surface area contributed by atoms with E-state index in [2.05, 4.69) is 5.32 Å². The van der Waals surface area contributed by atoms with Gasteiger partial charge in [-0.15, -0.1) is 0 Å². The first-order chi connectivity index (χ1) is 9.11. The zero-order valence-corrected chi connectivity index (χ0v) is 11.5. The maximum atomic E-state index is 12.0. The molecule has 0 aliphatic carbocycles. The Morgan fingerprint density at radius 3 is 2.95 bits per heavy atom. The highest BCUT2D eigenvalue weighted by molar-refractivity contribution is 7.80. The summed E-state index contributed by atoms with van der Waals surface area (Å²) in [5, 5.41) is 2.80. The molecule has 1 aliphatic heterocycles.